The van der Waals surface area contributed by atoms with Gasteiger partial charge in [-0.1, -0.05) is 35.3 Å². The number of aromatic nitrogens is 6. The van der Waals surface area contributed by atoms with E-state index in [4.69, 9.17) is 57.4 Å². The molecular weight excluding hydrogens is 1360 g/mol. The minimum Gasteiger partial charge on any atom is -0.497 e. The number of H-pyrrole nitrogens is 2. The lowest BCUT2D eigenvalue weighted by atomic mass is 9.95. The number of aromatic amines is 2. The van der Waals surface area contributed by atoms with E-state index in [0.717, 1.165) is 75.8 Å². The fraction of sp³-hybridized carbons (Fsp3) is 0.314. The molecule has 0 bridgehead atoms. The first-order valence-electron chi connectivity index (χ1n) is 32.5. The normalized spacial score (nSPS) is 21.3. The standard InChI is InChI=1S/C36H32ClFN8O4S.C34H35ClFN9O3S/c1-49-24-7-3-20(4-8-24)32-40-27-10-6-22(16-28(27)41-32)46-18-23-17-44(12-13-45(23)36(46)48)19-29-30(35(47)50-2)31(25-9-5-21(38)15-26(25)37)43-33(42-29)34-39-11-14-51-34;1-42-10-3-4-27(42)30-38-24-8-6-20(15-25(24)39-30)45-17-21-16-43(11-12-44(21)34(45)47)18-26-28(33(46)48-2)29(22-7-5-19(36)14-23(22)35)41-31(40-26)32-37-9-13-49-32/h3-11,14-16,23,31H,12-13,17-19H2,1-2H3,(H,40,41)(H,42,43);5-9,13-15,21,27,29H,3-4,10-12,16-18H2,1-2H3,(H,38,39)(H,40,41)/t23-,31-;21-,27?,29-/m00/s1. The number of piperazine rings is 2. The second kappa shape index (κ2) is 27.8. The number of anilines is 2. The molecule has 0 saturated carbocycles. The minimum atomic E-state index is -0.854. The van der Waals surface area contributed by atoms with Crippen LogP contribution in [0.1, 0.15) is 57.9 Å². The van der Waals surface area contributed by atoms with E-state index in [1.165, 1.54) is 67.2 Å². The third-order valence-electron chi connectivity index (χ3n) is 19.3. The Hall–Kier alpha value is -9.68. The molecule has 0 radical (unpaired) electrons. The topological polar surface area (TPSA) is 251 Å². The highest BCUT2D eigenvalue weighted by molar-refractivity contribution is 7.12. The number of halogens is 4. The van der Waals surface area contributed by atoms with E-state index in [0.29, 0.717) is 115 Å². The Bertz CT molecular complexity index is 4800. The van der Waals surface area contributed by atoms with Crippen molar-refractivity contribution in [3.63, 3.8) is 0 Å². The number of amides is 4. The van der Waals surface area contributed by atoms with E-state index in [1.54, 1.807) is 30.5 Å². The van der Waals surface area contributed by atoms with Gasteiger partial charge >= 0.3 is 24.0 Å². The average molecular weight is 1430 g/mol. The van der Waals surface area contributed by atoms with Crippen LogP contribution in [0.15, 0.2) is 153 Å². The number of thiazole rings is 2. The van der Waals surface area contributed by atoms with Crippen molar-refractivity contribution in [2.45, 2.75) is 43.1 Å². The van der Waals surface area contributed by atoms with Gasteiger partial charge in [0.15, 0.2) is 21.7 Å². The Morgan fingerprint density at radius 1 is 0.610 bits per heavy atom. The van der Waals surface area contributed by atoms with Gasteiger partial charge in [-0.15, -0.1) is 22.7 Å². The summed E-state index contributed by atoms with van der Waals surface area (Å²) in [6.45, 7) is 6.18. The summed E-state index contributed by atoms with van der Waals surface area (Å²) in [6, 6.07) is 25.9. The van der Waals surface area contributed by atoms with Gasteiger partial charge in [0, 0.05) is 138 Å². The SMILES string of the molecule is COC(=O)C1=C(CN2CCN3C(=O)N(c4ccc5nc(-c6ccc(OC)cc6)[nH]c5c4)C[C@@H]3C2)NC(c2nccs2)=N[C@H]1c1ccc(F)cc1Cl.COC(=O)C1=C(CN2CCN3C(=O)N(c4ccc5nc(C6CCCN6C)[nH]c5c4)C[C@@H]3C2)NC(c2nccs2)=N[C@H]1c1ccc(F)cc1Cl. The monoisotopic (exact) mass is 1430 g/mol. The predicted molar refractivity (Wildman–Crippen MR) is 378 cm³/mol. The molecule has 16 rings (SSSR count). The Kier molecular flexibility index (Phi) is 18.4. The summed E-state index contributed by atoms with van der Waals surface area (Å²) in [7, 11) is 6.39. The molecule has 1 unspecified atom stereocenters. The molecule has 7 aliphatic heterocycles. The van der Waals surface area contributed by atoms with Crippen LogP contribution in [0.2, 0.25) is 10.0 Å². The molecule has 7 aliphatic rings. The number of nitrogens with one attached hydrogen (secondary N) is 4. The molecule has 5 saturated heterocycles. The lowest BCUT2D eigenvalue weighted by Gasteiger charge is -2.38. The van der Waals surface area contributed by atoms with Crippen LogP contribution in [-0.4, -0.2) is 203 Å². The summed E-state index contributed by atoms with van der Waals surface area (Å²) in [6.07, 6.45) is 5.59. The zero-order chi connectivity index (χ0) is 69.0. The summed E-state index contributed by atoms with van der Waals surface area (Å²) < 4.78 is 43.9. The van der Waals surface area contributed by atoms with Crippen molar-refractivity contribution < 1.29 is 42.2 Å². The molecule has 4 amide bonds. The maximum absolute atomic E-state index is 14.1. The number of nitrogens with zero attached hydrogens (tertiary/aromatic N) is 13. The number of methoxy groups -OCH3 is 3. The number of carbonyl (C=O) groups excluding carboxylic acids is 4. The van der Waals surface area contributed by atoms with Crippen molar-refractivity contribution >= 4 is 115 Å². The van der Waals surface area contributed by atoms with Gasteiger partial charge in [-0.05, 0) is 111 Å². The lowest BCUT2D eigenvalue weighted by Crippen LogP contribution is -2.53. The summed E-state index contributed by atoms with van der Waals surface area (Å²) >= 11 is 15.8. The van der Waals surface area contributed by atoms with E-state index in [9.17, 15) is 28.0 Å². The zero-order valence-electron chi connectivity index (χ0n) is 54.6. The van der Waals surface area contributed by atoms with E-state index in [1.807, 2.05) is 86.1 Å². The molecule has 24 nitrogen and oxygen atoms in total. The zero-order valence-corrected chi connectivity index (χ0v) is 57.8. The average Bonchev–Trinajstić information content (AvgIpc) is 1.27. The van der Waals surface area contributed by atoms with Crippen LogP contribution in [0.5, 0.6) is 5.75 Å². The summed E-state index contributed by atoms with van der Waals surface area (Å²) in [5, 5.41) is 12.0. The van der Waals surface area contributed by atoms with Crippen LogP contribution in [0.4, 0.5) is 29.7 Å². The Labute approximate surface area is 590 Å². The third kappa shape index (κ3) is 12.9. The van der Waals surface area contributed by atoms with E-state index >= 15 is 0 Å². The quantitative estimate of drug-likeness (QED) is 0.0697. The number of aliphatic imine (C=N–C) groups is 2. The van der Waals surface area contributed by atoms with Crippen LogP contribution in [0.25, 0.3) is 33.5 Å². The van der Waals surface area contributed by atoms with E-state index in [2.05, 4.69) is 52.3 Å². The molecule has 5 atom stereocenters. The largest absolute Gasteiger partial charge is 0.497 e. The molecule has 5 fully saturated rings. The molecule has 4 aromatic heterocycles. The fourth-order valence-corrected chi connectivity index (χ4v) is 16.0. The number of carbonyl (C=O) groups is 4. The van der Waals surface area contributed by atoms with Crippen molar-refractivity contribution in [1.82, 2.24) is 65.0 Å². The van der Waals surface area contributed by atoms with Crippen molar-refractivity contribution in [2.24, 2.45) is 9.98 Å². The van der Waals surface area contributed by atoms with Crippen LogP contribution in [0.3, 0.4) is 0 Å². The number of urea groups is 2. The molecule has 4 N–H and O–H groups in total. The third-order valence-corrected chi connectivity index (χ3v) is 21.5. The molecule has 9 aromatic rings. The molecule has 5 aromatic carbocycles. The summed E-state index contributed by atoms with van der Waals surface area (Å²) in [4.78, 5) is 103. The van der Waals surface area contributed by atoms with E-state index < -0.39 is 35.7 Å². The van der Waals surface area contributed by atoms with E-state index in [-0.39, 0.29) is 45.8 Å². The highest BCUT2D eigenvalue weighted by Gasteiger charge is 2.45. The number of rotatable bonds is 15. The molecule has 11 heterocycles. The second-order valence-electron chi connectivity index (χ2n) is 25.2. The Morgan fingerprint density at radius 3 is 1.58 bits per heavy atom. The number of hydrogen-bond acceptors (Lipinski definition) is 20. The first-order chi connectivity index (χ1) is 48.6. The highest BCUT2D eigenvalue weighted by Crippen LogP contribution is 2.41. The number of amidine groups is 2. The predicted octanol–water partition coefficient (Wildman–Crippen LogP) is 10.4. The lowest BCUT2D eigenvalue weighted by molar-refractivity contribution is -0.137. The summed E-state index contributed by atoms with van der Waals surface area (Å²) in [5.74, 6) is 1.31. The summed E-state index contributed by atoms with van der Waals surface area (Å²) in [5.41, 5.74) is 8.70. The van der Waals surface area contributed by atoms with Gasteiger partial charge in [-0.2, -0.15) is 0 Å². The van der Waals surface area contributed by atoms with Crippen LogP contribution >= 0.6 is 45.9 Å². The van der Waals surface area contributed by atoms with Crippen molar-refractivity contribution in [1.29, 1.82) is 0 Å². The molecule has 514 valence electrons. The number of imidazole rings is 2. The second-order valence-corrected chi connectivity index (χ2v) is 27.8. The smallest absolute Gasteiger partial charge is 0.338 e. The molecular formula is C70H67Cl2F2N17O7S2. The van der Waals surface area contributed by atoms with Crippen LogP contribution in [-0.2, 0) is 19.1 Å². The van der Waals surface area contributed by atoms with Gasteiger partial charge in [0.2, 0.25) is 0 Å². The number of esters is 2. The van der Waals surface area contributed by atoms with Crippen molar-refractivity contribution in [2.75, 3.05) is 110 Å². The van der Waals surface area contributed by atoms with Gasteiger partial charge in [0.1, 0.15) is 41.1 Å². The number of likely N-dealkylation sites (tertiary alicyclic amines) is 1. The fourth-order valence-electron chi connectivity index (χ4n) is 14.3. The van der Waals surface area contributed by atoms with Gasteiger partial charge in [0.05, 0.1) is 72.7 Å². The van der Waals surface area contributed by atoms with Crippen LogP contribution < -0.4 is 25.2 Å². The number of ether oxygens (including phenoxy) is 3. The Morgan fingerprint density at radius 2 is 1.12 bits per heavy atom. The maximum atomic E-state index is 14.1. The first kappa shape index (κ1) is 66.2. The first-order valence-corrected chi connectivity index (χ1v) is 35.0. The van der Waals surface area contributed by atoms with Gasteiger partial charge < -0.3 is 44.6 Å². The molecule has 0 spiro atoms. The van der Waals surface area contributed by atoms with Gasteiger partial charge in [-0.3, -0.25) is 34.5 Å². The highest BCUT2D eigenvalue weighted by atomic mass is 35.5. The van der Waals surface area contributed by atoms with Gasteiger partial charge in [-0.25, -0.2) is 47.9 Å². The van der Waals surface area contributed by atoms with Gasteiger partial charge in [0.25, 0.3) is 0 Å². The number of benzene rings is 5. The molecule has 0 aliphatic carbocycles. The molecule has 100 heavy (non-hydrogen) atoms. The number of hydrogen-bond donors (Lipinski definition) is 4. The molecule has 30 heteroatoms. The van der Waals surface area contributed by atoms with Crippen molar-refractivity contribution in [3.05, 3.63) is 191 Å². The minimum absolute atomic E-state index is 0.0197. The Balaban J connectivity index is 0.000000163. The maximum Gasteiger partial charge on any atom is 0.338 e. The number of fused-ring (bicyclic) bond motifs is 4. The van der Waals surface area contributed by atoms with Crippen LogP contribution in [0, 0.1) is 11.6 Å². The van der Waals surface area contributed by atoms with Crippen molar-refractivity contribution in [3.8, 4) is 17.1 Å².